The highest BCUT2D eigenvalue weighted by Crippen LogP contribution is 2.09. The fourth-order valence-corrected chi connectivity index (χ4v) is 2.48. The monoisotopic (exact) mass is 319 g/mol. The standard InChI is InChI=1S/C19H21N5/c1-16-21-19(22-20-15-18-11-6-3-7-12-18)24(23-16)14-8-13-17-9-4-2-5-10-17/h2-7,9-12,15H,8,13-14H2,1H3,(H,21,22,23)/b20-15-. The van der Waals surface area contributed by atoms with Crippen LogP contribution in [0.2, 0.25) is 0 Å². The van der Waals surface area contributed by atoms with Gasteiger partial charge in [-0.05, 0) is 30.9 Å². The van der Waals surface area contributed by atoms with Gasteiger partial charge >= 0.3 is 0 Å². The van der Waals surface area contributed by atoms with Gasteiger partial charge in [-0.25, -0.2) is 10.1 Å². The first-order chi connectivity index (χ1) is 11.8. The van der Waals surface area contributed by atoms with Crippen molar-refractivity contribution < 1.29 is 0 Å². The summed E-state index contributed by atoms with van der Waals surface area (Å²) in [5.74, 6) is 1.42. The molecular weight excluding hydrogens is 298 g/mol. The molecule has 3 rings (SSSR count). The minimum atomic E-state index is 0.674. The Labute approximate surface area is 142 Å². The lowest BCUT2D eigenvalue weighted by Crippen LogP contribution is -2.06. The van der Waals surface area contributed by atoms with Crippen molar-refractivity contribution in [3.05, 3.63) is 77.6 Å². The molecule has 122 valence electrons. The minimum absolute atomic E-state index is 0.674. The Kier molecular flexibility index (Phi) is 5.35. The third kappa shape index (κ3) is 4.52. The van der Waals surface area contributed by atoms with Crippen LogP contribution < -0.4 is 5.43 Å². The Balaban J connectivity index is 1.57. The van der Waals surface area contributed by atoms with Crippen LogP contribution in [0.25, 0.3) is 0 Å². The van der Waals surface area contributed by atoms with E-state index < -0.39 is 0 Å². The minimum Gasteiger partial charge on any atom is -0.245 e. The lowest BCUT2D eigenvalue weighted by Gasteiger charge is -2.05. The molecule has 1 N–H and O–H groups in total. The van der Waals surface area contributed by atoms with E-state index in [1.807, 2.05) is 48.0 Å². The topological polar surface area (TPSA) is 55.1 Å². The van der Waals surface area contributed by atoms with Crippen molar-refractivity contribution >= 4 is 12.2 Å². The van der Waals surface area contributed by atoms with E-state index in [1.165, 1.54) is 5.56 Å². The molecule has 0 fully saturated rings. The molecule has 5 nitrogen and oxygen atoms in total. The van der Waals surface area contributed by atoms with Gasteiger partial charge in [0.2, 0.25) is 5.95 Å². The summed E-state index contributed by atoms with van der Waals surface area (Å²) in [6, 6.07) is 20.4. The number of anilines is 1. The lowest BCUT2D eigenvalue weighted by molar-refractivity contribution is 0.579. The number of hydrogen-bond acceptors (Lipinski definition) is 4. The Hall–Kier alpha value is -2.95. The van der Waals surface area contributed by atoms with Crippen molar-refractivity contribution in [3.8, 4) is 0 Å². The van der Waals surface area contributed by atoms with Crippen molar-refractivity contribution in [3.63, 3.8) is 0 Å². The zero-order chi connectivity index (χ0) is 16.6. The molecule has 1 heterocycles. The summed E-state index contributed by atoms with van der Waals surface area (Å²) >= 11 is 0. The summed E-state index contributed by atoms with van der Waals surface area (Å²) in [6.07, 6.45) is 3.80. The van der Waals surface area contributed by atoms with Gasteiger partial charge in [0.15, 0.2) is 0 Å². The van der Waals surface area contributed by atoms with Crippen molar-refractivity contribution in [1.82, 2.24) is 14.8 Å². The predicted octanol–water partition coefficient (Wildman–Crippen LogP) is 3.67. The molecule has 1 aromatic heterocycles. The number of aromatic nitrogens is 3. The molecule has 0 saturated heterocycles. The zero-order valence-electron chi connectivity index (χ0n) is 13.8. The van der Waals surface area contributed by atoms with E-state index >= 15 is 0 Å². The molecule has 0 unspecified atom stereocenters. The van der Waals surface area contributed by atoms with Crippen LogP contribution in [0, 0.1) is 6.92 Å². The van der Waals surface area contributed by atoms with Gasteiger partial charge in [0, 0.05) is 6.54 Å². The van der Waals surface area contributed by atoms with Crippen molar-refractivity contribution in [2.45, 2.75) is 26.3 Å². The number of nitrogens with zero attached hydrogens (tertiary/aromatic N) is 4. The molecule has 24 heavy (non-hydrogen) atoms. The normalized spacial score (nSPS) is 11.0. The quantitative estimate of drug-likeness (QED) is 0.534. The highest BCUT2D eigenvalue weighted by Gasteiger charge is 2.06. The van der Waals surface area contributed by atoms with Crippen LogP contribution in [0.4, 0.5) is 5.95 Å². The third-order valence-corrected chi connectivity index (χ3v) is 3.63. The van der Waals surface area contributed by atoms with Crippen molar-refractivity contribution in [2.75, 3.05) is 5.43 Å². The second kappa shape index (κ2) is 8.06. The van der Waals surface area contributed by atoms with Crippen molar-refractivity contribution in [1.29, 1.82) is 0 Å². The molecular formula is C19H21N5. The number of hydrazone groups is 1. The number of aryl methyl sites for hydroxylation is 3. The summed E-state index contributed by atoms with van der Waals surface area (Å²) in [6.45, 7) is 2.69. The smallest absolute Gasteiger partial charge is 0.242 e. The largest absolute Gasteiger partial charge is 0.245 e. The Morgan fingerprint density at radius 1 is 1.04 bits per heavy atom. The number of benzene rings is 2. The summed E-state index contributed by atoms with van der Waals surface area (Å²) in [5.41, 5.74) is 5.37. The van der Waals surface area contributed by atoms with E-state index in [2.05, 4.69) is 44.9 Å². The second-order valence-corrected chi connectivity index (χ2v) is 5.58. The summed E-state index contributed by atoms with van der Waals surface area (Å²) in [7, 11) is 0. The number of nitrogens with one attached hydrogen (secondary N) is 1. The highest BCUT2D eigenvalue weighted by atomic mass is 15.5. The molecule has 0 radical (unpaired) electrons. The van der Waals surface area contributed by atoms with Gasteiger partial charge in [-0.3, -0.25) is 0 Å². The molecule has 3 aromatic rings. The van der Waals surface area contributed by atoms with E-state index in [0.717, 1.165) is 30.8 Å². The third-order valence-electron chi connectivity index (χ3n) is 3.63. The molecule has 0 saturated carbocycles. The van der Waals surface area contributed by atoms with Crippen LogP contribution >= 0.6 is 0 Å². The predicted molar refractivity (Wildman–Crippen MR) is 97.2 cm³/mol. The van der Waals surface area contributed by atoms with Crippen LogP contribution in [0.15, 0.2) is 65.8 Å². The SMILES string of the molecule is Cc1nc(N/N=C\c2ccccc2)n(CCCc2ccccc2)n1. The fraction of sp³-hybridized carbons (Fsp3) is 0.211. The fourth-order valence-electron chi connectivity index (χ4n) is 2.48. The van der Waals surface area contributed by atoms with Crippen LogP contribution in [0.3, 0.4) is 0 Å². The number of rotatable bonds is 7. The molecule has 0 spiro atoms. The van der Waals surface area contributed by atoms with Crippen molar-refractivity contribution in [2.24, 2.45) is 5.10 Å². The average Bonchev–Trinajstić information content (AvgIpc) is 2.96. The molecule has 5 heteroatoms. The van der Waals surface area contributed by atoms with Crippen LogP contribution in [0.1, 0.15) is 23.4 Å². The Morgan fingerprint density at radius 3 is 2.50 bits per heavy atom. The molecule has 0 bridgehead atoms. The summed E-state index contributed by atoms with van der Waals surface area (Å²) in [4.78, 5) is 4.39. The van der Waals surface area contributed by atoms with Gasteiger partial charge in [0.05, 0.1) is 6.21 Å². The average molecular weight is 319 g/mol. The molecule has 0 atom stereocenters. The Morgan fingerprint density at radius 2 is 1.75 bits per heavy atom. The van der Waals surface area contributed by atoms with Crippen LogP contribution in [-0.4, -0.2) is 21.0 Å². The van der Waals surface area contributed by atoms with Crippen LogP contribution in [0.5, 0.6) is 0 Å². The van der Waals surface area contributed by atoms with E-state index in [4.69, 9.17) is 0 Å². The molecule has 0 aliphatic heterocycles. The van der Waals surface area contributed by atoms with Gasteiger partial charge in [-0.1, -0.05) is 60.7 Å². The van der Waals surface area contributed by atoms with E-state index in [0.29, 0.717) is 5.95 Å². The molecule has 0 aliphatic rings. The van der Waals surface area contributed by atoms with E-state index in [-0.39, 0.29) is 0 Å². The van der Waals surface area contributed by atoms with Gasteiger partial charge in [-0.15, -0.1) is 0 Å². The van der Waals surface area contributed by atoms with Gasteiger partial charge < -0.3 is 0 Å². The molecule has 0 amide bonds. The zero-order valence-corrected chi connectivity index (χ0v) is 13.8. The maximum absolute atomic E-state index is 4.44. The first-order valence-corrected chi connectivity index (χ1v) is 8.11. The molecule has 0 aliphatic carbocycles. The maximum Gasteiger partial charge on any atom is 0.242 e. The van der Waals surface area contributed by atoms with Gasteiger partial charge in [0.25, 0.3) is 0 Å². The summed E-state index contributed by atoms with van der Waals surface area (Å²) in [5, 5.41) is 8.69. The van der Waals surface area contributed by atoms with Gasteiger partial charge in [0.1, 0.15) is 5.82 Å². The summed E-state index contributed by atoms with van der Waals surface area (Å²) < 4.78 is 1.88. The van der Waals surface area contributed by atoms with E-state index in [1.54, 1.807) is 6.21 Å². The van der Waals surface area contributed by atoms with E-state index in [9.17, 15) is 0 Å². The lowest BCUT2D eigenvalue weighted by atomic mass is 10.1. The Bertz CT molecular complexity index is 778. The maximum atomic E-state index is 4.44. The van der Waals surface area contributed by atoms with Gasteiger partial charge in [-0.2, -0.15) is 15.2 Å². The number of hydrogen-bond donors (Lipinski definition) is 1. The second-order valence-electron chi connectivity index (χ2n) is 5.58. The highest BCUT2D eigenvalue weighted by molar-refractivity contribution is 5.79. The van der Waals surface area contributed by atoms with Crippen LogP contribution in [-0.2, 0) is 13.0 Å². The molecule has 2 aromatic carbocycles. The first kappa shape index (κ1) is 15.9. The first-order valence-electron chi connectivity index (χ1n) is 8.11.